The Bertz CT molecular complexity index is 4300. The summed E-state index contributed by atoms with van der Waals surface area (Å²) >= 11 is 0. The molecule has 0 saturated carbocycles. The smallest absolute Gasteiger partial charge is 0.146 e. The lowest BCUT2D eigenvalue weighted by Gasteiger charge is -2.32. The molecule has 0 radical (unpaired) electrons. The van der Waals surface area contributed by atoms with Gasteiger partial charge in [0.05, 0.1) is 103 Å². The summed E-state index contributed by atoms with van der Waals surface area (Å²) in [4.78, 5) is 19.1. The first-order valence-electron chi connectivity index (χ1n) is 30.3. The summed E-state index contributed by atoms with van der Waals surface area (Å²) < 4.78 is 102. The quantitative estimate of drug-likeness (QED) is 0.127. The first kappa shape index (κ1) is 45.8. The van der Waals surface area contributed by atoms with Crippen molar-refractivity contribution in [1.29, 1.82) is 0 Å². The molecule has 20 heteroatoms. The molecule has 0 amide bonds. The van der Waals surface area contributed by atoms with Crippen LogP contribution in [0.2, 0.25) is 0 Å². The van der Waals surface area contributed by atoms with E-state index in [4.69, 9.17) is 27.7 Å². The number of pyridine rings is 4. The lowest BCUT2D eigenvalue weighted by atomic mass is 9.88. The van der Waals surface area contributed by atoms with Crippen LogP contribution in [-0.2, 0) is 37.7 Å². The normalized spacial score (nSPS) is 16.6. The third-order valence-corrected chi connectivity index (χ3v) is 16.4. The van der Waals surface area contributed by atoms with Gasteiger partial charge in [-0.15, -0.1) is 10.2 Å². The Morgan fingerprint density at radius 1 is 0.500 bits per heavy atom. The van der Waals surface area contributed by atoms with E-state index in [1.807, 2.05) is 98.5 Å². The Labute approximate surface area is 479 Å². The standard InChI is InChI=1S/2C31H31FN8O/c2*1-18-16-35-38(3)29(18)22-15-26-27(34-17-22)23-8-7-21(30-19(2)36-37-39(30)4)14-25(23)40(26)31(20-9-12-41-13-10-20)28-24(32)6-5-11-33-28/h2*5-8,11,14-17,20,31H,9-10,12-13H2,1-4H3/i2*2D3. The molecule has 12 heterocycles. The lowest BCUT2D eigenvalue weighted by Crippen LogP contribution is -2.28. The molecular formula is C62H62F2N16O2. The van der Waals surface area contributed by atoms with E-state index < -0.39 is 25.8 Å². The number of halogens is 2. The van der Waals surface area contributed by atoms with Crippen LogP contribution in [0.5, 0.6) is 0 Å². The zero-order chi connectivity index (χ0) is 61.5. The van der Waals surface area contributed by atoms with E-state index in [-0.39, 0.29) is 34.9 Å². The first-order valence-corrected chi connectivity index (χ1v) is 27.3. The zero-order valence-electron chi connectivity index (χ0n) is 52.1. The first-order chi connectivity index (χ1) is 42.3. The van der Waals surface area contributed by atoms with Crippen molar-refractivity contribution in [2.75, 3.05) is 26.4 Å². The van der Waals surface area contributed by atoms with Crippen LogP contribution in [0, 0.1) is 51.0 Å². The number of rotatable bonds is 10. The highest BCUT2D eigenvalue weighted by Crippen LogP contribution is 2.45. The molecule has 2 saturated heterocycles. The van der Waals surface area contributed by atoms with Gasteiger partial charge in [0.25, 0.3) is 0 Å². The Kier molecular flexibility index (Phi) is 11.9. The number of fused-ring (bicyclic) bond motifs is 6. The molecule has 2 atom stereocenters. The zero-order valence-corrected chi connectivity index (χ0v) is 46.1. The van der Waals surface area contributed by atoms with Gasteiger partial charge in [-0.25, -0.2) is 18.1 Å². The summed E-state index contributed by atoms with van der Waals surface area (Å²) in [6.45, 7) is 1.38. The van der Waals surface area contributed by atoms with Gasteiger partial charge in [0, 0.05) is 121 Å². The molecule has 12 aromatic rings. The van der Waals surface area contributed by atoms with Crippen LogP contribution in [0.1, 0.15) is 79.9 Å². The van der Waals surface area contributed by atoms with Crippen molar-refractivity contribution < 1.29 is 26.5 Å². The van der Waals surface area contributed by atoms with Crippen molar-refractivity contribution in [3.05, 3.63) is 156 Å². The van der Waals surface area contributed by atoms with Crippen molar-refractivity contribution in [2.45, 2.75) is 65.3 Å². The molecule has 0 spiro atoms. The maximum Gasteiger partial charge on any atom is 0.146 e. The summed E-state index contributed by atoms with van der Waals surface area (Å²) in [6, 6.07) is 20.8. The van der Waals surface area contributed by atoms with Crippen LogP contribution < -0.4 is 0 Å². The predicted molar refractivity (Wildman–Crippen MR) is 310 cm³/mol. The largest absolute Gasteiger partial charge is 0.381 e. The number of aryl methyl sites for hydroxylation is 8. The van der Waals surface area contributed by atoms with Crippen LogP contribution in [0.15, 0.2) is 110 Å². The third kappa shape index (κ3) is 9.00. The van der Waals surface area contributed by atoms with Gasteiger partial charge in [-0.3, -0.25) is 29.3 Å². The molecule has 2 fully saturated rings. The Morgan fingerprint density at radius 2 is 0.915 bits per heavy atom. The summed E-state index contributed by atoms with van der Waals surface area (Å²) in [7, 11) is 7.14. The minimum Gasteiger partial charge on any atom is -0.381 e. The highest BCUT2D eigenvalue weighted by Gasteiger charge is 2.35. The van der Waals surface area contributed by atoms with E-state index in [1.165, 1.54) is 21.5 Å². The molecule has 18 nitrogen and oxygen atoms in total. The number of benzene rings is 2. The molecule has 2 unspecified atom stereocenters. The molecule has 416 valence electrons. The third-order valence-electron chi connectivity index (χ3n) is 16.4. The number of aromatic nitrogens is 16. The van der Waals surface area contributed by atoms with Crippen molar-refractivity contribution in [1.82, 2.24) is 78.6 Å². The molecule has 2 aliphatic heterocycles. The number of hydrogen-bond donors (Lipinski definition) is 0. The summed E-state index contributed by atoms with van der Waals surface area (Å²) in [5.41, 5.74) is 13.0. The maximum absolute atomic E-state index is 15.7. The van der Waals surface area contributed by atoms with E-state index >= 15 is 8.78 Å². The molecule has 0 aliphatic carbocycles. The van der Waals surface area contributed by atoms with Crippen LogP contribution in [0.25, 0.3) is 88.9 Å². The fourth-order valence-electron chi connectivity index (χ4n) is 12.7. The molecule has 82 heavy (non-hydrogen) atoms. The summed E-state index contributed by atoms with van der Waals surface area (Å²) in [6.07, 6.45) is 13.5. The Balaban J connectivity index is 0.000000162. The summed E-state index contributed by atoms with van der Waals surface area (Å²) in [5.74, 6) is -0.729. The van der Waals surface area contributed by atoms with E-state index in [0.29, 0.717) is 60.3 Å². The van der Waals surface area contributed by atoms with Crippen molar-refractivity contribution in [3.63, 3.8) is 0 Å². The number of nitrogens with zero attached hydrogens (tertiary/aromatic N) is 16. The maximum atomic E-state index is 15.7. The van der Waals surface area contributed by atoms with Crippen molar-refractivity contribution in [2.24, 2.45) is 40.0 Å². The Morgan fingerprint density at radius 3 is 1.29 bits per heavy atom. The molecule has 2 aromatic carbocycles. The fraction of sp³-hybridized carbons (Fsp3) is 0.323. The van der Waals surface area contributed by atoms with Gasteiger partial charge in [-0.1, -0.05) is 22.6 Å². The highest BCUT2D eigenvalue weighted by atomic mass is 19.1. The Hall–Kier alpha value is -8.88. The summed E-state index contributed by atoms with van der Waals surface area (Å²) in [5, 5.41) is 26.6. The van der Waals surface area contributed by atoms with E-state index in [2.05, 4.69) is 62.1 Å². The van der Waals surface area contributed by atoms with Crippen LogP contribution in [0.3, 0.4) is 0 Å². The van der Waals surface area contributed by atoms with Crippen LogP contribution in [-0.4, -0.2) is 105 Å². The topological polar surface area (TPSA) is 177 Å². The molecule has 0 N–H and O–H groups in total. The molecule has 2 aliphatic rings. The molecule has 10 aromatic heterocycles. The second kappa shape index (κ2) is 21.2. The SMILES string of the molecule is [2H]C([2H])([2H])c1nnn(C)c1-c1ccc2c3ncc(-c4c(C)cnn4C)cc3n(C(c3ncccc3F)C3CCOCC3)c2c1.[2H]C([2H])([2H])c1nnn(C)c1-c1ccc2c3ncc(-c4c(C)cnn4C)cc3n(C(c3ncccc3F)C3CCOCC3)c2c1. The lowest BCUT2D eigenvalue weighted by molar-refractivity contribution is 0.0542. The minimum absolute atomic E-state index is 0.0222. The monoisotopic (exact) mass is 1110 g/mol. The molecule has 14 rings (SSSR count). The van der Waals surface area contributed by atoms with E-state index in [1.54, 1.807) is 38.6 Å². The van der Waals surface area contributed by atoms with Crippen molar-refractivity contribution in [3.8, 4) is 45.0 Å². The van der Waals surface area contributed by atoms with E-state index in [0.717, 1.165) is 103 Å². The second-order valence-corrected chi connectivity index (χ2v) is 21.3. The van der Waals surface area contributed by atoms with Crippen LogP contribution >= 0.6 is 0 Å². The number of ether oxygens (including phenoxy) is 2. The highest BCUT2D eigenvalue weighted by molar-refractivity contribution is 6.09. The molecule has 0 bridgehead atoms. The number of hydrogen-bond acceptors (Lipinski definition) is 12. The van der Waals surface area contributed by atoms with Gasteiger partial charge in [-0.2, -0.15) is 10.2 Å². The average molecular weight is 1110 g/mol. The average Bonchev–Trinajstić information content (AvgIpc) is 1.60. The fourth-order valence-corrected chi connectivity index (χ4v) is 12.7. The van der Waals surface area contributed by atoms with Gasteiger partial charge in [0.15, 0.2) is 0 Å². The van der Waals surface area contributed by atoms with Crippen LogP contribution in [0.4, 0.5) is 8.78 Å². The second-order valence-electron chi connectivity index (χ2n) is 21.3. The van der Waals surface area contributed by atoms with Gasteiger partial charge in [0.1, 0.15) is 11.6 Å². The van der Waals surface area contributed by atoms with Gasteiger partial charge >= 0.3 is 0 Å². The van der Waals surface area contributed by atoms with Crippen molar-refractivity contribution >= 4 is 43.9 Å². The van der Waals surface area contributed by atoms with Gasteiger partial charge in [-0.05, 0) is 137 Å². The van der Waals surface area contributed by atoms with Gasteiger partial charge in [0.2, 0.25) is 0 Å². The minimum atomic E-state index is -2.45. The van der Waals surface area contributed by atoms with Gasteiger partial charge < -0.3 is 18.6 Å². The molecular weight excluding hydrogens is 1040 g/mol. The predicted octanol–water partition coefficient (Wildman–Crippen LogP) is 11.1. The van der Waals surface area contributed by atoms with E-state index in [9.17, 15) is 0 Å².